The molecule has 0 bridgehead atoms. The van der Waals surface area contributed by atoms with Gasteiger partial charge in [-0.25, -0.2) is 0 Å². The number of hydrogen-bond donors (Lipinski definition) is 0. The van der Waals surface area contributed by atoms with E-state index < -0.39 is 0 Å². The van der Waals surface area contributed by atoms with E-state index in [4.69, 9.17) is 4.74 Å². The Balaban J connectivity index is 2.07. The van der Waals surface area contributed by atoms with Crippen molar-refractivity contribution in [3.05, 3.63) is 53.4 Å². The summed E-state index contributed by atoms with van der Waals surface area (Å²) in [5.74, 6) is 0.774. The third-order valence-corrected chi connectivity index (χ3v) is 2.93. The van der Waals surface area contributed by atoms with Gasteiger partial charge in [0, 0.05) is 7.05 Å². The molecule has 1 aromatic carbocycles. The van der Waals surface area contributed by atoms with Crippen LogP contribution in [-0.2, 0) is 7.05 Å². The fourth-order valence-corrected chi connectivity index (χ4v) is 2.03. The van der Waals surface area contributed by atoms with E-state index in [2.05, 4.69) is 5.10 Å². The first-order valence-corrected chi connectivity index (χ1v) is 6.95. The van der Waals surface area contributed by atoms with Gasteiger partial charge in [-0.15, -0.1) is 0 Å². The number of aromatic nitrogens is 2. The van der Waals surface area contributed by atoms with E-state index in [0.29, 0.717) is 5.69 Å². The van der Waals surface area contributed by atoms with E-state index in [1.54, 1.807) is 29.9 Å². The number of rotatable bonds is 5. The number of nitrogens with zero attached hydrogens (tertiary/aromatic N) is 2. The topological polar surface area (TPSA) is 44.1 Å². The fourth-order valence-electron chi connectivity index (χ4n) is 2.03. The first-order chi connectivity index (χ1) is 9.95. The van der Waals surface area contributed by atoms with Crippen LogP contribution >= 0.6 is 0 Å². The minimum atomic E-state index is -0.0550. The van der Waals surface area contributed by atoms with E-state index >= 15 is 0 Å². The van der Waals surface area contributed by atoms with Gasteiger partial charge in [-0.1, -0.05) is 18.2 Å². The molecule has 21 heavy (non-hydrogen) atoms. The highest BCUT2D eigenvalue weighted by molar-refractivity contribution is 6.05. The summed E-state index contributed by atoms with van der Waals surface area (Å²) in [6, 6.07) is 9.44. The van der Waals surface area contributed by atoms with Crippen molar-refractivity contribution in [1.82, 2.24) is 9.78 Å². The average molecular weight is 284 g/mol. The number of ketones is 1. The Labute approximate surface area is 125 Å². The van der Waals surface area contributed by atoms with E-state index in [1.807, 2.05) is 45.0 Å². The zero-order valence-corrected chi connectivity index (χ0v) is 12.8. The van der Waals surface area contributed by atoms with Crippen molar-refractivity contribution < 1.29 is 9.53 Å². The summed E-state index contributed by atoms with van der Waals surface area (Å²) >= 11 is 0. The monoisotopic (exact) mass is 284 g/mol. The molecule has 4 nitrogen and oxygen atoms in total. The quantitative estimate of drug-likeness (QED) is 0.624. The minimum Gasteiger partial charge on any atom is -0.491 e. The van der Waals surface area contributed by atoms with Crippen molar-refractivity contribution in [2.75, 3.05) is 0 Å². The van der Waals surface area contributed by atoms with Crippen molar-refractivity contribution in [2.45, 2.75) is 26.9 Å². The van der Waals surface area contributed by atoms with Gasteiger partial charge in [0.05, 0.1) is 11.8 Å². The molecule has 4 heteroatoms. The number of allylic oxidation sites excluding steroid dienone is 1. The van der Waals surface area contributed by atoms with Crippen LogP contribution < -0.4 is 4.74 Å². The van der Waals surface area contributed by atoms with Crippen LogP contribution in [0.15, 0.2) is 36.4 Å². The molecule has 0 atom stereocenters. The third-order valence-electron chi connectivity index (χ3n) is 2.93. The molecular formula is C17H20N2O2. The molecule has 0 aliphatic heterocycles. The Morgan fingerprint density at radius 3 is 2.48 bits per heavy atom. The molecule has 2 rings (SSSR count). The van der Waals surface area contributed by atoms with Crippen molar-refractivity contribution in [3.63, 3.8) is 0 Å². The van der Waals surface area contributed by atoms with Gasteiger partial charge in [0.15, 0.2) is 0 Å². The highest BCUT2D eigenvalue weighted by atomic mass is 16.5. The lowest BCUT2D eigenvalue weighted by molar-refractivity contribution is 0.103. The predicted octanol–water partition coefficient (Wildman–Crippen LogP) is 3.41. The summed E-state index contributed by atoms with van der Waals surface area (Å²) < 4.78 is 7.18. The fraction of sp³-hybridized carbons (Fsp3) is 0.294. The summed E-state index contributed by atoms with van der Waals surface area (Å²) in [4.78, 5) is 12.1. The van der Waals surface area contributed by atoms with E-state index in [1.165, 1.54) is 0 Å². The van der Waals surface area contributed by atoms with Crippen LogP contribution in [-0.4, -0.2) is 21.7 Å². The molecular weight excluding hydrogens is 264 g/mol. The van der Waals surface area contributed by atoms with Gasteiger partial charge in [0.1, 0.15) is 11.4 Å². The van der Waals surface area contributed by atoms with Crippen LogP contribution in [0.2, 0.25) is 0 Å². The second kappa shape index (κ2) is 6.39. The van der Waals surface area contributed by atoms with Gasteiger partial charge in [-0.3, -0.25) is 9.48 Å². The smallest absolute Gasteiger partial charge is 0.203 e. The van der Waals surface area contributed by atoms with Gasteiger partial charge in [-0.2, -0.15) is 5.10 Å². The minimum absolute atomic E-state index is 0.0550. The first kappa shape index (κ1) is 15.0. The highest BCUT2D eigenvalue weighted by Gasteiger charge is 2.08. The number of benzene rings is 1. The molecule has 0 N–H and O–H groups in total. The Bertz CT molecular complexity index is 652. The Hall–Kier alpha value is -2.36. The largest absolute Gasteiger partial charge is 0.491 e. The molecule has 0 amide bonds. The molecule has 0 saturated heterocycles. The summed E-state index contributed by atoms with van der Waals surface area (Å²) in [7, 11) is 1.77. The molecule has 1 heterocycles. The number of hydrogen-bond acceptors (Lipinski definition) is 3. The predicted molar refractivity (Wildman–Crippen MR) is 83.5 cm³/mol. The Kier molecular flexibility index (Phi) is 4.58. The van der Waals surface area contributed by atoms with E-state index in [0.717, 1.165) is 17.0 Å². The lowest BCUT2D eigenvalue weighted by Crippen LogP contribution is -2.05. The van der Waals surface area contributed by atoms with Gasteiger partial charge < -0.3 is 4.74 Å². The number of carbonyl (C=O) groups excluding carboxylic acids is 1. The summed E-state index contributed by atoms with van der Waals surface area (Å²) in [5, 5.41) is 4.17. The second-order valence-corrected chi connectivity index (χ2v) is 5.23. The molecule has 0 saturated carbocycles. The molecule has 2 aromatic rings. The molecule has 0 aliphatic rings. The maximum absolute atomic E-state index is 12.1. The summed E-state index contributed by atoms with van der Waals surface area (Å²) in [6.07, 6.45) is 3.51. The number of aryl methyl sites for hydroxylation is 2. The molecule has 110 valence electrons. The van der Waals surface area contributed by atoms with Crippen molar-refractivity contribution in [3.8, 4) is 5.75 Å². The van der Waals surface area contributed by atoms with Gasteiger partial charge >= 0.3 is 0 Å². The van der Waals surface area contributed by atoms with Crippen molar-refractivity contribution in [2.24, 2.45) is 7.05 Å². The van der Waals surface area contributed by atoms with Gasteiger partial charge in [-0.05, 0) is 50.6 Å². The summed E-state index contributed by atoms with van der Waals surface area (Å²) in [5.41, 5.74) is 2.38. The maximum atomic E-state index is 12.1. The Morgan fingerprint density at radius 1 is 1.29 bits per heavy atom. The molecule has 1 aromatic heterocycles. The lowest BCUT2D eigenvalue weighted by atomic mass is 10.1. The molecule has 0 aliphatic carbocycles. The third kappa shape index (κ3) is 4.05. The van der Waals surface area contributed by atoms with Gasteiger partial charge in [0.2, 0.25) is 5.78 Å². The van der Waals surface area contributed by atoms with Crippen molar-refractivity contribution >= 4 is 11.9 Å². The van der Waals surface area contributed by atoms with Crippen LogP contribution in [0.25, 0.3) is 6.08 Å². The molecule has 0 spiro atoms. The van der Waals surface area contributed by atoms with Crippen LogP contribution in [0.1, 0.15) is 35.6 Å². The normalized spacial score (nSPS) is 11.3. The van der Waals surface area contributed by atoms with Crippen LogP contribution in [0.4, 0.5) is 0 Å². The number of ether oxygens (including phenoxy) is 1. The second-order valence-electron chi connectivity index (χ2n) is 5.23. The molecule has 0 fully saturated rings. The van der Waals surface area contributed by atoms with Gasteiger partial charge in [0.25, 0.3) is 0 Å². The lowest BCUT2D eigenvalue weighted by Gasteiger charge is -2.09. The SMILES string of the molecule is Cc1cc(C(=O)/C=C/c2ccc(OC(C)C)cc2)n(C)n1. The highest BCUT2D eigenvalue weighted by Crippen LogP contribution is 2.15. The van der Waals surface area contributed by atoms with Crippen LogP contribution in [0, 0.1) is 6.92 Å². The summed E-state index contributed by atoms with van der Waals surface area (Å²) in [6.45, 7) is 5.85. The standard InChI is InChI=1S/C17H20N2O2/c1-12(2)21-15-8-5-14(6-9-15)7-10-17(20)16-11-13(3)18-19(16)4/h5-12H,1-4H3/b10-7+. The Morgan fingerprint density at radius 2 is 1.95 bits per heavy atom. The average Bonchev–Trinajstić information content (AvgIpc) is 2.76. The molecule has 0 radical (unpaired) electrons. The van der Waals surface area contributed by atoms with Crippen molar-refractivity contribution in [1.29, 1.82) is 0 Å². The van der Waals surface area contributed by atoms with E-state index in [9.17, 15) is 4.79 Å². The maximum Gasteiger partial charge on any atom is 0.203 e. The zero-order chi connectivity index (χ0) is 15.4. The molecule has 0 unspecified atom stereocenters. The van der Waals surface area contributed by atoms with Crippen LogP contribution in [0.3, 0.4) is 0 Å². The first-order valence-electron chi connectivity index (χ1n) is 6.95. The van der Waals surface area contributed by atoms with E-state index in [-0.39, 0.29) is 11.9 Å². The number of carbonyl (C=O) groups is 1. The zero-order valence-electron chi connectivity index (χ0n) is 12.8. The van der Waals surface area contributed by atoms with Crippen LogP contribution in [0.5, 0.6) is 5.75 Å².